The second-order valence-electron chi connectivity index (χ2n) is 9.64. The monoisotopic (exact) mass is 370 g/mol. The van der Waals surface area contributed by atoms with E-state index in [4.69, 9.17) is 10.5 Å². The van der Waals surface area contributed by atoms with Gasteiger partial charge in [0.05, 0.1) is 6.10 Å². The van der Waals surface area contributed by atoms with Gasteiger partial charge in [0, 0.05) is 36.7 Å². The van der Waals surface area contributed by atoms with E-state index in [2.05, 4.69) is 37.8 Å². The number of benzene rings is 1. The summed E-state index contributed by atoms with van der Waals surface area (Å²) >= 11 is 0. The molecular weight excluding hydrogens is 336 g/mol. The molecule has 0 spiro atoms. The normalized spacial score (nSPS) is 34.8. The van der Waals surface area contributed by atoms with Gasteiger partial charge in [-0.15, -0.1) is 0 Å². The number of ether oxygens (including phenoxy) is 1. The number of anilines is 1. The van der Waals surface area contributed by atoms with Crippen molar-refractivity contribution in [3.05, 3.63) is 29.3 Å². The summed E-state index contributed by atoms with van der Waals surface area (Å²) in [5, 5.41) is 0. The van der Waals surface area contributed by atoms with Crippen LogP contribution in [0.2, 0.25) is 0 Å². The van der Waals surface area contributed by atoms with E-state index >= 15 is 0 Å². The molecule has 0 unspecified atom stereocenters. The van der Waals surface area contributed by atoms with E-state index in [1.165, 1.54) is 11.1 Å². The molecule has 1 aromatic rings. The van der Waals surface area contributed by atoms with Crippen LogP contribution in [-0.4, -0.2) is 36.6 Å². The van der Waals surface area contributed by atoms with Gasteiger partial charge in [0.1, 0.15) is 0 Å². The van der Waals surface area contributed by atoms with Crippen molar-refractivity contribution in [2.24, 2.45) is 11.3 Å². The fraction of sp³-hybridized carbons (Fsp3) is 0.696. The molecule has 0 aromatic heterocycles. The van der Waals surface area contributed by atoms with Gasteiger partial charge < -0.3 is 15.4 Å². The van der Waals surface area contributed by atoms with E-state index in [0.717, 1.165) is 50.8 Å². The summed E-state index contributed by atoms with van der Waals surface area (Å²) < 4.78 is 5.49. The van der Waals surface area contributed by atoms with Gasteiger partial charge in [-0.05, 0) is 61.1 Å². The van der Waals surface area contributed by atoms with E-state index in [1.54, 1.807) is 7.11 Å². The summed E-state index contributed by atoms with van der Waals surface area (Å²) in [6.45, 7) is 7.95. The van der Waals surface area contributed by atoms with Crippen LogP contribution in [0.5, 0.6) is 0 Å². The lowest BCUT2D eigenvalue weighted by Gasteiger charge is -2.61. The van der Waals surface area contributed by atoms with Crippen LogP contribution in [0.4, 0.5) is 5.69 Å². The topological polar surface area (TPSA) is 55.6 Å². The Bertz CT molecular complexity index is 736. The van der Waals surface area contributed by atoms with Crippen molar-refractivity contribution in [2.45, 2.75) is 76.9 Å². The predicted octanol–water partition coefficient (Wildman–Crippen LogP) is 3.91. The number of hydrogen-bond acceptors (Lipinski definition) is 3. The Balaban J connectivity index is 1.64. The summed E-state index contributed by atoms with van der Waals surface area (Å²) in [7, 11) is 1.78. The van der Waals surface area contributed by atoms with Gasteiger partial charge in [-0.25, -0.2) is 0 Å². The molecule has 148 valence electrons. The first-order valence-electron chi connectivity index (χ1n) is 10.5. The largest absolute Gasteiger partial charge is 0.398 e. The van der Waals surface area contributed by atoms with Gasteiger partial charge in [-0.2, -0.15) is 0 Å². The van der Waals surface area contributed by atoms with Crippen molar-refractivity contribution in [1.82, 2.24) is 4.90 Å². The van der Waals surface area contributed by atoms with Gasteiger partial charge in [0.2, 0.25) is 5.91 Å². The summed E-state index contributed by atoms with van der Waals surface area (Å²) in [6, 6.07) is 6.57. The Kier molecular flexibility index (Phi) is 4.53. The number of likely N-dealkylation sites (tertiary alicyclic amines) is 1. The zero-order valence-electron chi connectivity index (χ0n) is 17.3. The highest BCUT2D eigenvalue weighted by Crippen LogP contribution is 2.57. The van der Waals surface area contributed by atoms with Crippen LogP contribution >= 0.6 is 0 Å². The minimum Gasteiger partial charge on any atom is -0.398 e. The lowest BCUT2D eigenvalue weighted by atomic mass is 9.50. The van der Waals surface area contributed by atoms with Crippen LogP contribution in [-0.2, 0) is 21.4 Å². The first kappa shape index (κ1) is 18.8. The maximum absolute atomic E-state index is 13.5. The standard InChI is InChI=1S/C23H34N2O2/c1-22(2)20-14-17-18(6-5-7-19(17)24)23(22,3)12-13-25(20)21(26)15-8-10-16(27-4)11-9-15/h5-7,15-16,20H,8-14,24H2,1-4H3/t15?,16?,20-,23+/m1/s1. The lowest BCUT2D eigenvalue weighted by molar-refractivity contribution is -0.150. The van der Waals surface area contributed by atoms with E-state index in [1.807, 2.05) is 6.07 Å². The van der Waals surface area contributed by atoms with Crippen LogP contribution < -0.4 is 5.73 Å². The second-order valence-corrected chi connectivity index (χ2v) is 9.64. The zero-order valence-corrected chi connectivity index (χ0v) is 17.3. The van der Waals surface area contributed by atoms with Crippen LogP contribution in [0.3, 0.4) is 0 Å². The number of methoxy groups -OCH3 is 1. The molecule has 1 saturated heterocycles. The van der Waals surface area contributed by atoms with E-state index in [0.29, 0.717) is 12.0 Å². The summed E-state index contributed by atoms with van der Waals surface area (Å²) in [6.07, 6.45) is 6.13. The third-order valence-electron chi connectivity index (χ3n) is 8.33. The summed E-state index contributed by atoms with van der Waals surface area (Å²) in [4.78, 5) is 15.7. The highest BCUT2D eigenvalue weighted by molar-refractivity contribution is 5.80. The molecule has 4 heteroatoms. The number of nitrogen functional groups attached to an aromatic ring is 1. The van der Waals surface area contributed by atoms with E-state index in [-0.39, 0.29) is 22.8 Å². The van der Waals surface area contributed by atoms with Crippen molar-refractivity contribution >= 4 is 11.6 Å². The first-order valence-corrected chi connectivity index (χ1v) is 10.5. The molecule has 2 fully saturated rings. The zero-order chi connectivity index (χ0) is 19.4. The number of amides is 1. The molecular formula is C23H34N2O2. The first-order chi connectivity index (χ1) is 12.8. The molecule has 1 aromatic carbocycles. The third kappa shape index (κ3) is 2.71. The highest BCUT2D eigenvalue weighted by atomic mass is 16.5. The molecule has 1 heterocycles. The Morgan fingerprint density at radius 2 is 1.89 bits per heavy atom. The predicted molar refractivity (Wildman–Crippen MR) is 109 cm³/mol. The van der Waals surface area contributed by atoms with Crippen LogP contribution in [0.25, 0.3) is 0 Å². The fourth-order valence-electron chi connectivity index (χ4n) is 6.01. The maximum atomic E-state index is 13.5. The molecule has 2 N–H and O–H groups in total. The summed E-state index contributed by atoms with van der Waals surface area (Å²) in [5.74, 6) is 0.522. The number of nitrogens with zero attached hydrogens (tertiary/aromatic N) is 1. The quantitative estimate of drug-likeness (QED) is 0.803. The minimum atomic E-state index is 0.0332. The van der Waals surface area contributed by atoms with Crippen molar-refractivity contribution in [3.63, 3.8) is 0 Å². The average Bonchev–Trinajstić information content (AvgIpc) is 2.65. The van der Waals surface area contributed by atoms with Gasteiger partial charge in [0.15, 0.2) is 0 Å². The fourth-order valence-corrected chi connectivity index (χ4v) is 6.01. The van der Waals surface area contributed by atoms with Crippen LogP contribution in [0, 0.1) is 11.3 Å². The van der Waals surface area contributed by atoms with Gasteiger partial charge in [-0.1, -0.05) is 32.9 Å². The average molecular weight is 371 g/mol. The molecule has 1 saturated carbocycles. The lowest BCUT2D eigenvalue weighted by Crippen LogP contribution is -2.65. The van der Waals surface area contributed by atoms with E-state index < -0.39 is 0 Å². The Morgan fingerprint density at radius 3 is 2.56 bits per heavy atom. The van der Waals surface area contributed by atoms with Crippen LogP contribution in [0.15, 0.2) is 18.2 Å². The molecule has 2 aliphatic carbocycles. The SMILES string of the molecule is COC1CCC(C(=O)N2CC[C@@]3(C)c4cccc(N)c4C[C@@H]2C3(C)C)CC1. The molecule has 1 amide bonds. The molecule has 2 atom stereocenters. The molecule has 4 rings (SSSR count). The number of piperidine rings is 1. The maximum Gasteiger partial charge on any atom is 0.225 e. The number of hydrogen-bond donors (Lipinski definition) is 1. The second kappa shape index (κ2) is 6.51. The van der Waals surface area contributed by atoms with Crippen molar-refractivity contribution in [3.8, 4) is 0 Å². The van der Waals surface area contributed by atoms with Gasteiger partial charge in [-0.3, -0.25) is 4.79 Å². The van der Waals surface area contributed by atoms with Crippen LogP contribution in [0.1, 0.15) is 64.0 Å². The smallest absolute Gasteiger partial charge is 0.225 e. The number of carbonyl (C=O) groups is 1. The van der Waals surface area contributed by atoms with Crippen molar-refractivity contribution in [1.29, 1.82) is 0 Å². The van der Waals surface area contributed by atoms with Crippen molar-refractivity contribution < 1.29 is 9.53 Å². The highest BCUT2D eigenvalue weighted by Gasteiger charge is 2.57. The molecule has 27 heavy (non-hydrogen) atoms. The molecule has 3 aliphatic rings. The Morgan fingerprint density at radius 1 is 1.19 bits per heavy atom. The summed E-state index contributed by atoms with van der Waals surface area (Å²) in [5.41, 5.74) is 10.0. The molecule has 0 radical (unpaired) electrons. The number of rotatable bonds is 2. The molecule has 2 bridgehead atoms. The number of nitrogens with two attached hydrogens (primary N) is 1. The third-order valence-corrected chi connectivity index (χ3v) is 8.33. The van der Waals surface area contributed by atoms with Gasteiger partial charge >= 0.3 is 0 Å². The minimum absolute atomic E-state index is 0.0332. The number of carbonyl (C=O) groups excluding carboxylic acids is 1. The Hall–Kier alpha value is -1.55. The Labute approximate surface area is 163 Å². The molecule has 4 nitrogen and oxygen atoms in total. The van der Waals surface area contributed by atoms with Gasteiger partial charge in [0.25, 0.3) is 0 Å². The molecule has 1 aliphatic heterocycles. The number of fused-ring (bicyclic) bond motifs is 4. The van der Waals surface area contributed by atoms with Crippen molar-refractivity contribution in [2.75, 3.05) is 19.4 Å². The van der Waals surface area contributed by atoms with E-state index in [9.17, 15) is 4.79 Å².